The summed E-state index contributed by atoms with van der Waals surface area (Å²) in [4.78, 5) is 0. The Kier molecular flexibility index (Phi) is 8.81. The van der Waals surface area contributed by atoms with Crippen LogP contribution in [0.15, 0.2) is 133 Å². The molecular weight excluding hydrogens is 589 g/mol. The molecule has 1 aliphatic rings. The molecule has 0 heterocycles. The van der Waals surface area contributed by atoms with Crippen LogP contribution in [0.2, 0.25) is 0 Å². The molecular formula is C49H48. The maximum atomic E-state index is 2.64. The fourth-order valence-electron chi connectivity index (χ4n) is 8.86. The maximum absolute atomic E-state index is 2.64. The molecule has 7 aromatic rings. The van der Waals surface area contributed by atoms with Crippen molar-refractivity contribution in [1.29, 1.82) is 0 Å². The summed E-state index contributed by atoms with van der Waals surface area (Å²) in [5.74, 6) is 0. The lowest BCUT2D eigenvalue weighted by Crippen LogP contribution is -2.25. The summed E-state index contributed by atoms with van der Waals surface area (Å²) in [6.07, 6.45) is 12.7. The van der Waals surface area contributed by atoms with E-state index in [0.717, 1.165) is 0 Å². The van der Waals surface area contributed by atoms with Crippen LogP contribution in [-0.2, 0) is 5.41 Å². The number of fused-ring (bicyclic) bond motifs is 7. The van der Waals surface area contributed by atoms with Crippen molar-refractivity contribution < 1.29 is 0 Å². The highest BCUT2D eigenvalue weighted by atomic mass is 14.5. The average molecular weight is 637 g/mol. The Hall–Kier alpha value is -4.68. The number of benzene rings is 7. The third-order valence-electron chi connectivity index (χ3n) is 11.4. The topological polar surface area (TPSA) is 0 Å². The normalized spacial score (nSPS) is 13.3. The summed E-state index contributed by atoms with van der Waals surface area (Å²) in [7, 11) is 0. The molecule has 0 fully saturated rings. The molecule has 0 N–H and O–H groups in total. The highest BCUT2D eigenvalue weighted by Gasteiger charge is 2.43. The van der Waals surface area contributed by atoms with Gasteiger partial charge >= 0.3 is 0 Å². The van der Waals surface area contributed by atoms with Crippen LogP contribution in [0.3, 0.4) is 0 Å². The van der Waals surface area contributed by atoms with Gasteiger partial charge in [0.25, 0.3) is 0 Å². The van der Waals surface area contributed by atoms with Crippen LogP contribution in [0, 0.1) is 0 Å². The molecule has 0 saturated carbocycles. The first-order valence-corrected chi connectivity index (χ1v) is 18.9. The lowest BCUT2D eigenvalue weighted by Gasteiger charge is -2.34. The minimum Gasteiger partial charge on any atom is -0.0654 e. The van der Waals surface area contributed by atoms with Gasteiger partial charge in [0.2, 0.25) is 0 Å². The number of rotatable bonds is 12. The lowest BCUT2D eigenvalue weighted by molar-refractivity contribution is 0.401. The number of unbranched alkanes of at least 4 members (excludes halogenated alkanes) is 6. The zero-order chi connectivity index (χ0) is 33.2. The van der Waals surface area contributed by atoms with Gasteiger partial charge in [0.1, 0.15) is 0 Å². The third kappa shape index (κ3) is 5.76. The summed E-state index contributed by atoms with van der Waals surface area (Å²) in [5, 5.41) is 7.96. The summed E-state index contributed by atoms with van der Waals surface area (Å²) < 4.78 is 0. The fraction of sp³-hybridized carbons (Fsp3) is 0.265. The molecule has 0 atom stereocenters. The summed E-state index contributed by atoms with van der Waals surface area (Å²) in [5.41, 5.74) is 11.4. The van der Waals surface area contributed by atoms with E-state index in [9.17, 15) is 0 Å². The van der Waals surface area contributed by atoms with Crippen LogP contribution < -0.4 is 0 Å². The minimum absolute atomic E-state index is 0.00532. The van der Waals surface area contributed by atoms with Gasteiger partial charge in [-0.1, -0.05) is 174 Å². The second kappa shape index (κ2) is 13.7. The van der Waals surface area contributed by atoms with Crippen molar-refractivity contribution in [3.63, 3.8) is 0 Å². The fourth-order valence-corrected chi connectivity index (χ4v) is 8.86. The molecule has 49 heavy (non-hydrogen) atoms. The quantitative estimate of drug-likeness (QED) is 0.117. The molecule has 0 aliphatic heterocycles. The maximum Gasteiger partial charge on any atom is 0.0215 e. The van der Waals surface area contributed by atoms with Crippen molar-refractivity contribution in [2.24, 2.45) is 0 Å². The predicted molar refractivity (Wildman–Crippen MR) is 214 cm³/mol. The molecule has 0 saturated heterocycles. The molecule has 7 aromatic carbocycles. The Morgan fingerprint density at radius 1 is 0.388 bits per heavy atom. The smallest absolute Gasteiger partial charge is 0.0215 e. The van der Waals surface area contributed by atoms with Gasteiger partial charge in [0, 0.05) is 5.41 Å². The summed E-state index contributed by atoms with van der Waals surface area (Å²) in [6, 6.07) is 50.9. The van der Waals surface area contributed by atoms with Gasteiger partial charge in [-0.25, -0.2) is 0 Å². The van der Waals surface area contributed by atoms with Crippen molar-refractivity contribution in [1.82, 2.24) is 0 Å². The highest BCUT2D eigenvalue weighted by molar-refractivity contribution is 6.10. The van der Waals surface area contributed by atoms with E-state index in [0.29, 0.717) is 0 Å². The van der Waals surface area contributed by atoms with Gasteiger partial charge < -0.3 is 0 Å². The molecule has 244 valence electrons. The molecule has 8 rings (SSSR count). The minimum atomic E-state index is -0.00532. The molecule has 0 aromatic heterocycles. The second-order valence-corrected chi connectivity index (χ2v) is 14.5. The SMILES string of the molecule is CCCCCCC1(CCCCCC)c2cc(-c3ccc4ccccc4c3)ccc2-c2c1cc(-c1ccc3ccccc3c1)c1ccccc21. The Labute approximate surface area is 292 Å². The van der Waals surface area contributed by atoms with E-state index in [1.54, 1.807) is 11.1 Å². The van der Waals surface area contributed by atoms with E-state index in [4.69, 9.17) is 0 Å². The van der Waals surface area contributed by atoms with Crippen LogP contribution >= 0.6 is 0 Å². The van der Waals surface area contributed by atoms with Crippen molar-refractivity contribution in [3.05, 3.63) is 145 Å². The van der Waals surface area contributed by atoms with Gasteiger partial charge in [-0.3, -0.25) is 0 Å². The Bertz CT molecular complexity index is 2260. The molecule has 1 aliphatic carbocycles. The van der Waals surface area contributed by atoms with Gasteiger partial charge in [-0.05, 0) is 114 Å². The van der Waals surface area contributed by atoms with Crippen molar-refractivity contribution >= 4 is 32.3 Å². The highest BCUT2D eigenvalue weighted by Crippen LogP contribution is 2.58. The largest absolute Gasteiger partial charge is 0.0654 e. The van der Waals surface area contributed by atoms with Crippen LogP contribution in [-0.4, -0.2) is 0 Å². The van der Waals surface area contributed by atoms with Crippen molar-refractivity contribution in [2.75, 3.05) is 0 Å². The monoisotopic (exact) mass is 636 g/mol. The number of hydrogen-bond donors (Lipinski definition) is 0. The van der Waals surface area contributed by atoms with Gasteiger partial charge in [-0.2, -0.15) is 0 Å². The van der Waals surface area contributed by atoms with Crippen LogP contribution in [0.5, 0.6) is 0 Å². The first-order chi connectivity index (χ1) is 24.2. The first kappa shape index (κ1) is 31.6. The van der Waals surface area contributed by atoms with Gasteiger partial charge in [-0.15, -0.1) is 0 Å². The van der Waals surface area contributed by atoms with Crippen LogP contribution in [0.1, 0.15) is 89.2 Å². The van der Waals surface area contributed by atoms with E-state index in [-0.39, 0.29) is 5.41 Å². The molecule has 0 unspecified atom stereocenters. The molecule has 0 nitrogen and oxygen atoms in total. The van der Waals surface area contributed by atoms with Gasteiger partial charge in [0.15, 0.2) is 0 Å². The molecule has 0 heteroatoms. The van der Waals surface area contributed by atoms with E-state index in [1.807, 2.05) is 0 Å². The zero-order valence-electron chi connectivity index (χ0n) is 29.3. The predicted octanol–water partition coefficient (Wildman–Crippen LogP) is 14.7. The van der Waals surface area contributed by atoms with E-state index in [1.165, 1.54) is 130 Å². The Morgan fingerprint density at radius 3 is 1.57 bits per heavy atom. The van der Waals surface area contributed by atoms with E-state index in [2.05, 4.69) is 147 Å². The van der Waals surface area contributed by atoms with E-state index < -0.39 is 0 Å². The summed E-state index contributed by atoms with van der Waals surface area (Å²) in [6.45, 7) is 4.66. The molecule has 0 spiro atoms. The standard InChI is InChI=1S/C49H48/c1-3-5-7-15-29-49(30-16-8-6-4-2)46-33-40(39-25-23-35-17-9-11-19-37(35)31-39)27-28-44(46)48-43-22-14-13-21-42(43)45(34-47(48)49)41-26-24-36-18-10-12-20-38(36)32-41/h9-14,17-28,31-34H,3-8,15-16,29-30H2,1-2H3. The van der Waals surface area contributed by atoms with Gasteiger partial charge in [0.05, 0.1) is 0 Å². The Morgan fingerprint density at radius 2 is 0.918 bits per heavy atom. The van der Waals surface area contributed by atoms with Crippen molar-refractivity contribution in [3.8, 4) is 33.4 Å². The Balaban J connectivity index is 1.36. The van der Waals surface area contributed by atoms with E-state index >= 15 is 0 Å². The lowest BCUT2D eigenvalue weighted by atomic mass is 9.69. The van der Waals surface area contributed by atoms with Crippen molar-refractivity contribution in [2.45, 2.75) is 83.5 Å². The molecule has 0 bridgehead atoms. The van der Waals surface area contributed by atoms with Crippen LogP contribution in [0.4, 0.5) is 0 Å². The molecule has 0 radical (unpaired) electrons. The molecule has 0 amide bonds. The first-order valence-electron chi connectivity index (χ1n) is 18.9. The number of hydrogen-bond acceptors (Lipinski definition) is 0. The van der Waals surface area contributed by atoms with Crippen LogP contribution in [0.25, 0.3) is 65.7 Å². The zero-order valence-corrected chi connectivity index (χ0v) is 29.3. The average Bonchev–Trinajstić information content (AvgIpc) is 3.43. The second-order valence-electron chi connectivity index (χ2n) is 14.5. The summed E-state index contributed by atoms with van der Waals surface area (Å²) >= 11 is 0. The third-order valence-corrected chi connectivity index (χ3v) is 11.4.